The van der Waals surface area contributed by atoms with E-state index < -0.39 is 24.2 Å². The molecule has 0 aromatic heterocycles. The van der Waals surface area contributed by atoms with Crippen molar-refractivity contribution in [2.75, 3.05) is 20.3 Å². The van der Waals surface area contributed by atoms with Gasteiger partial charge in [-0.05, 0) is 6.92 Å². The molecule has 0 aromatic rings. The lowest BCUT2D eigenvalue weighted by atomic mass is 10.2. The van der Waals surface area contributed by atoms with Gasteiger partial charge < -0.3 is 14.6 Å². The van der Waals surface area contributed by atoms with E-state index in [0.29, 0.717) is 0 Å². The largest absolute Gasteiger partial charge is 0.467 e. The maximum absolute atomic E-state index is 11.4. The minimum atomic E-state index is -0.732. The van der Waals surface area contributed by atoms with Crippen LogP contribution in [-0.2, 0) is 14.3 Å². The number of likely N-dealkylation sites (tertiary alicyclic amines) is 1. The number of esters is 1. The van der Waals surface area contributed by atoms with Crippen molar-refractivity contribution in [3.8, 4) is 0 Å². The summed E-state index contributed by atoms with van der Waals surface area (Å²) in [4.78, 5) is 23.9. The number of aliphatic hydroxyl groups excluding tert-OH is 1. The standard InChI is InChI=1S/C9H15NO5/c1-3-15-9(13)10-5-6(11)4-7(10)8(12)14-2/h6-7,11H,3-5H2,1-2H3/t6-,7+/m1/s1. The molecule has 0 radical (unpaired) electrons. The first-order chi connectivity index (χ1) is 7.10. The van der Waals surface area contributed by atoms with Crippen molar-refractivity contribution < 1.29 is 24.2 Å². The van der Waals surface area contributed by atoms with Crippen molar-refractivity contribution in [2.45, 2.75) is 25.5 Å². The summed E-state index contributed by atoms with van der Waals surface area (Å²) in [5.74, 6) is -0.528. The van der Waals surface area contributed by atoms with E-state index in [2.05, 4.69) is 4.74 Å². The number of carbonyl (C=O) groups excluding carboxylic acids is 2. The first-order valence-corrected chi connectivity index (χ1v) is 4.79. The van der Waals surface area contributed by atoms with Crippen molar-refractivity contribution in [1.82, 2.24) is 4.90 Å². The summed E-state index contributed by atoms with van der Waals surface area (Å²) in [5, 5.41) is 9.37. The molecule has 1 aliphatic heterocycles. The highest BCUT2D eigenvalue weighted by Crippen LogP contribution is 2.19. The van der Waals surface area contributed by atoms with Gasteiger partial charge in [-0.25, -0.2) is 9.59 Å². The molecule has 0 aromatic carbocycles. The number of hydrogen-bond donors (Lipinski definition) is 1. The van der Waals surface area contributed by atoms with E-state index in [1.165, 1.54) is 12.0 Å². The van der Waals surface area contributed by atoms with Crippen LogP contribution in [0.2, 0.25) is 0 Å². The zero-order valence-electron chi connectivity index (χ0n) is 8.80. The summed E-state index contributed by atoms with van der Waals surface area (Å²) in [6.07, 6.45) is -1.09. The highest BCUT2D eigenvalue weighted by molar-refractivity contribution is 5.82. The summed E-state index contributed by atoms with van der Waals surface area (Å²) in [6, 6.07) is -0.732. The van der Waals surface area contributed by atoms with Crippen LogP contribution in [0.3, 0.4) is 0 Å². The molecule has 0 spiro atoms. The van der Waals surface area contributed by atoms with Gasteiger partial charge in [0.2, 0.25) is 0 Å². The van der Waals surface area contributed by atoms with Gasteiger partial charge in [0.15, 0.2) is 0 Å². The van der Waals surface area contributed by atoms with E-state index >= 15 is 0 Å². The fourth-order valence-corrected chi connectivity index (χ4v) is 1.58. The Morgan fingerprint density at radius 1 is 1.53 bits per heavy atom. The van der Waals surface area contributed by atoms with Crippen molar-refractivity contribution >= 4 is 12.1 Å². The molecule has 1 amide bonds. The third kappa shape index (κ3) is 2.59. The Balaban J connectivity index is 2.68. The van der Waals surface area contributed by atoms with E-state index in [-0.39, 0.29) is 19.6 Å². The number of nitrogens with zero attached hydrogens (tertiary/aromatic N) is 1. The summed E-state index contributed by atoms with van der Waals surface area (Å²) in [6.45, 7) is 2.02. The Morgan fingerprint density at radius 3 is 2.73 bits per heavy atom. The second kappa shape index (κ2) is 4.97. The fourth-order valence-electron chi connectivity index (χ4n) is 1.58. The normalized spacial score (nSPS) is 25.1. The number of methoxy groups -OCH3 is 1. The molecule has 6 nitrogen and oxygen atoms in total. The van der Waals surface area contributed by atoms with E-state index in [4.69, 9.17) is 4.74 Å². The average Bonchev–Trinajstić information content (AvgIpc) is 2.59. The third-order valence-corrected chi connectivity index (χ3v) is 2.25. The highest BCUT2D eigenvalue weighted by Gasteiger charge is 2.40. The molecular weight excluding hydrogens is 202 g/mol. The van der Waals surface area contributed by atoms with Gasteiger partial charge in [0, 0.05) is 6.42 Å². The van der Waals surface area contributed by atoms with E-state index in [1.807, 2.05) is 0 Å². The number of β-amino-alcohol motifs (C(OH)–C–C–N with tert-alkyl or cyclic N) is 1. The van der Waals surface area contributed by atoms with Gasteiger partial charge >= 0.3 is 12.1 Å². The summed E-state index contributed by atoms with van der Waals surface area (Å²) < 4.78 is 9.31. The van der Waals surface area contributed by atoms with Crippen LogP contribution in [0.5, 0.6) is 0 Å². The maximum atomic E-state index is 11.4. The Labute approximate surface area is 87.8 Å². The van der Waals surface area contributed by atoms with Gasteiger partial charge in [-0.2, -0.15) is 0 Å². The average molecular weight is 217 g/mol. The van der Waals surface area contributed by atoms with Crippen LogP contribution >= 0.6 is 0 Å². The van der Waals surface area contributed by atoms with Crippen LogP contribution in [-0.4, -0.2) is 54.5 Å². The van der Waals surface area contributed by atoms with Crippen LogP contribution in [0, 0.1) is 0 Å². The number of aliphatic hydroxyl groups is 1. The Hall–Kier alpha value is -1.30. The molecule has 0 bridgehead atoms. The molecule has 1 rings (SSSR count). The molecule has 1 saturated heterocycles. The monoisotopic (exact) mass is 217 g/mol. The Kier molecular flexibility index (Phi) is 3.90. The van der Waals surface area contributed by atoms with Crippen LogP contribution in [0.15, 0.2) is 0 Å². The van der Waals surface area contributed by atoms with Gasteiger partial charge in [-0.3, -0.25) is 4.90 Å². The van der Waals surface area contributed by atoms with Crippen molar-refractivity contribution in [1.29, 1.82) is 0 Å². The van der Waals surface area contributed by atoms with Crippen molar-refractivity contribution in [3.63, 3.8) is 0 Å². The molecule has 0 saturated carbocycles. The molecular formula is C9H15NO5. The minimum Gasteiger partial charge on any atom is -0.467 e. The molecule has 0 unspecified atom stereocenters. The summed E-state index contributed by atoms with van der Waals surface area (Å²) in [5.41, 5.74) is 0. The molecule has 1 fully saturated rings. The zero-order valence-corrected chi connectivity index (χ0v) is 8.80. The summed E-state index contributed by atoms with van der Waals surface area (Å²) in [7, 11) is 1.25. The zero-order chi connectivity index (χ0) is 11.4. The van der Waals surface area contributed by atoms with Crippen LogP contribution in [0.4, 0.5) is 4.79 Å². The van der Waals surface area contributed by atoms with Crippen molar-refractivity contribution in [2.24, 2.45) is 0 Å². The first kappa shape index (κ1) is 11.8. The molecule has 6 heteroatoms. The van der Waals surface area contributed by atoms with Gasteiger partial charge in [0.25, 0.3) is 0 Å². The number of amides is 1. The van der Waals surface area contributed by atoms with Gasteiger partial charge in [-0.1, -0.05) is 0 Å². The molecule has 0 aliphatic carbocycles. The molecule has 15 heavy (non-hydrogen) atoms. The number of ether oxygens (including phenoxy) is 2. The first-order valence-electron chi connectivity index (χ1n) is 4.79. The lowest BCUT2D eigenvalue weighted by Crippen LogP contribution is -2.41. The summed E-state index contributed by atoms with van der Waals surface area (Å²) >= 11 is 0. The predicted octanol–water partition coefficient (Wildman–Crippen LogP) is -0.249. The lowest BCUT2D eigenvalue weighted by Gasteiger charge is -2.21. The van der Waals surface area contributed by atoms with E-state index in [1.54, 1.807) is 6.92 Å². The molecule has 1 N–H and O–H groups in total. The lowest BCUT2D eigenvalue weighted by molar-refractivity contribution is -0.145. The van der Waals surface area contributed by atoms with Gasteiger partial charge in [-0.15, -0.1) is 0 Å². The minimum absolute atomic E-state index is 0.110. The Morgan fingerprint density at radius 2 is 2.20 bits per heavy atom. The SMILES string of the molecule is CCOC(=O)N1C[C@H](O)C[C@H]1C(=O)OC. The van der Waals surface area contributed by atoms with E-state index in [0.717, 1.165) is 0 Å². The van der Waals surface area contributed by atoms with E-state index in [9.17, 15) is 14.7 Å². The molecule has 1 heterocycles. The maximum Gasteiger partial charge on any atom is 0.410 e. The Bertz CT molecular complexity index is 255. The number of carbonyl (C=O) groups is 2. The number of hydrogen-bond acceptors (Lipinski definition) is 5. The van der Waals surface area contributed by atoms with Gasteiger partial charge in [0.05, 0.1) is 26.4 Å². The second-order valence-electron chi connectivity index (χ2n) is 3.28. The third-order valence-electron chi connectivity index (χ3n) is 2.25. The van der Waals surface area contributed by atoms with Crippen LogP contribution in [0.25, 0.3) is 0 Å². The van der Waals surface area contributed by atoms with Crippen LogP contribution < -0.4 is 0 Å². The second-order valence-corrected chi connectivity index (χ2v) is 3.28. The fraction of sp³-hybridized carbons (Fsp3) is 0.778. The predicted molar refractivity (Wildman–Crippen MR) is 50.2 cm³/mol. The van der Waals surface area contributed by atoms with Crippen molar-refractivity contribution in [3.05, 3.63) is 0 Å². The topological polar surface area (TPSA) is 76.1 Å². The van der Waals surface area contributed by atoms with Gasteiger partial charge in [0.1, 0.15) is 6.04 Å². The van der Waals surface area contributed by atoms with Crippen LogP contribution in [0.1, 0.15) is 13.3 Å². The molecule has 86 valence electrons. The highest BCUT2D eigenvalue weighted by atomic mass is 16.6. The molecule has 1 aliphatic rings. The molecule has 2 atom stereocenters. The quantitative estimate of drug-likeness (QED) is 0.645. The smallest absolute Gasteiger partial charge is 0.410 e. The number of rotatable bonds is 2.